The molecule has 1 atom stereocenters. The van der Waals surface area contributed by atoms with E-state index in [4.69, 9.17) is 0 Å². The molecule has 0 spiro atoms. The second-order valence-corrected chi connectivity index (χ2v) is 7.14. The van der Waals surface area contributed by atoms with Crippen molar-refractivity contribution in [3.63, 3.8) is 0 Å². The number of thiophene rings is 1. The third-order valence-corrected chi connectivity index (χ3v) is 4.78. The molecule has 16 heavy (non-hydrogen) atoms. The maximum absolute atomic E-state index is 9.93. The Balaban J connectivity index is 1.91. The number of rotatable bonds is 4. The Hall–Kier alpha value is -0.230. The Labute approximate surface area is 111 Å². The summed E-state index contributed by atoms with van der Waals surface area (Å²) in [5.74, 6) is 0. The van der Waals surface area contributed by atoms with Crippen molar-refractivity contribution < 1.29 is 5.11 Å². The van der Waals surface area contributed by atoms with Crippen molar-refractivity contribution in [2.24, 2.45) is 0 Å². The number of aryl methyl sites for hydroxylation is 1. The van der Waals surface area contributed by atoms with Gasteiger partial charge in [0.1, 0.15) is 0 Å². The molecule has 0 saturated carbocycles. The Kier molecular flexibility index (Phi) is 4.13. The van der Waals surface area contributed by atoms with Crippen LogP contribution in [0.4, 0.5) is 0 Å². The molecule has 2 heterocycles. The van der Waals surface area contributed by atoms with Gasteiger partial charge in [-0.3, -0.25) is 0 Å². The van der Waals surface area contributed by atoms with Crippen LogP contribution in [0.1, 0.15) is 15.6 Å². The third kappa shape index (κ3) is 3.38. The summed E-state index contributed by atoms with van der Waals surface area (Å²) >= 11 is 6.71. The van der Waals surface area contributed by atoms with Crippen molar-refractivity contribution in [1.29, 1.82) is 0 Å². The van der Waals surface area contributed by atoms with Gasteiger partial charge in [-0.05, 0) is 35.0 Å². The molecule has 2 aromatic heterocycles. The van der Waals surface area contributed by atoms with Gasteiger partial charge in [-0.2, -0.15) is 0 Å². The minimum atomic E-state index is -0.337. The van der Waals surface area contributed by atoms with Crippen LogP contribution in [-0.2, 0) is 12.8 Å². The summed E-state index contributed by atoms with van der Waals surface area (Å²) < 4.78 is 1.11. The Morgan fingerprint density at radius 1 is 1.44 bits per heavy atom. The van der Waals surface area contributed by atoms with Gasteiger partial charge < -0.3 is 5.11 Å². The molecule has 2 nitrogen and oxygen atoms in total. The smallest absolute Gasteiger partial charge is 0.0954 e. The third-order valence-electron chi connectivity index (χ3n) is 2.14. The van der Waals surface area contributed by atoms with Crippen LogP contribution >= 0.6 is 38.6 Å². The second-order valence-electron chi connectivity index (χ2n) is 3.65. The monoisotopic (exact) mass is 317 g/mol. The fourth-order valence-electron chi connectivity index (χ4n) is 1.46. The first kappa shape index (κ1) is 12.2. The summed E-state index contributed by atoms with van der Waals surface area (Å²) in [5, 5.41) is 13.0. The van der Waals surface area contributed by atoms with Crippen molar-refractivity contribution in [1.82, 2.24) is 4.98 Å². The number of hydrogen-bond acceptors (Lipinski definition) is 4. The van der Waals surface area contributed by atoms with E-state index in [9.17, 15) is 5.11 Å². The molecule has 1 N–H and O–H groups in total. The number of halogens is 1. The molecule has 86 valence electrons. The quantitative estimate of drug-likeness (QED) is 0.937. The summed E-state index contributed by atoms with van der Waals surface area (Å²) in [6.07, 6.45) is 1.01. The van der Waals surface area contributed by atoms with Crippen LogP contribution in [0.25, 0.3) is 0 Å². The van der Waals surface area contributed by atoms with Crippen LogP contribution in [-0.4, -0.2) is 16.2 Å². The molecule has 1 unspecified atom stereocenters. The lowest BCUT2D eigenvalue weighted by Crippen LogP contribution is -2.12. The molecular weight excluding hydrogens is 306 g/mol. The molecule has 2 aromatic rings. The first-order valence-corrected chi connectivity index (χ1v) is 7.45. The van der Waals surface area contributed by atoms with E-state index in [1.807, 2.05) is 24.4 Å². The van der Waals surface area contributed by atoms with Gasteiger partial charge in [-0.1, -0.05) is 0 Å². The number of hydrogen-bond donors (Lipinski definition) is 1. The zero-order valence-corrected chi connectivity index (χ0v) is 12.0. The number of aromatic nitrogens is 1. The highest BCUT2D eigenvalue weighted by Gasteiger charge is 2.10. The Bertz CT molecular complexity index is 424. The average molecular weight is 318 g/mol. The maximum Gasteiger partial charge on any atom is 0.0954 e. The molecule has 5 heteroatoms. The van der Waals surface area contributed by atoms with Gasteiger partial charge in [0.2, 0.25) is 0 Å². The summed E-state index contributed by atoms with van der Waals surface area (Å²) in [7, 11) is 0. The van der Waals surface area contributed by atoms with E-state index in [1.54, 1.807) is 22.7 Å². The van der Waals surface area contributed by atoms with Crippen LogP contribution in [0.5, 0.6) is 0 Å². The molecule has 0 fully saturated rings. The lowest BCUT2D eigenvalue weighted by Gasteiger charge is -2.06. The lowest BCUT2D eigenvalue weighted by molar-refractivity contribution is 0.176. The van der Waals surface area contributed by atoms with E-state index in [2.05, 4.69) is 20.9 Å². The fourth-order valence-corrected chi connectivity index (χ4v) is 3.86. The first-order chi connectivity index (χ1) is 7.63. The summed E-state index contributed by atoms with van der Waals surface area (Å²) in [5.41, 5.74) is 1.03. The summed E-state index contributed by atoms with van der Waals surface area (Å²) in [6.45, 7) is 1.97. The van der Waals surface area contributed by atoms with Gasteiger partial charge in [0.25, 0.3) is 0 Å². The van der Waals surface area contributed by atoms with Crippen molar-refractivity contribution in [3.8, 4) is 0 Å². The van der Waals surface area contributed by atoms with Crippen LogP contribution < -0.4 is 0 Å². The molecule has 0 bridgehead atoms. The minimum Gasteiger partial charge on any atom is -0.392 e. The maximum atomic E-state index is 9.93. The van der Waals surface area contributed by atoms with E-state index in [1.165, 1.54) is 4.88 Å². The van der Waals surface area contributed by atoms with Crippen molar-refractivity contribution in [3.05, 3.63) is 36.9 Å². The largest absolute Gasteiger partial charge is 0.392 e. The summed E-state index contributed by atoms with van der Waals surface area (Å²) in [6, 6.07) is 4.06. The Morgan fingerprint density at radius 2 is 2.25 bits per heavy atom. The van der Waals surface area contributed by atoms with Crippen molar-refractivity contribution >= 4 is 38.6 Å². The van der Waals surface area contributed by atoms with Crippen LogP contribution in [0.3, 0.4) is 0 Å². The summed E-state index contributed by atoms with van der Waals surface area (Å²) in [4.78, 5) is 5.55. The Morgan fingerprint density at radius 3 is 2.81 bits per heavy atom. The highest BCUT2D eigenvalue weighted by atomic mass is 79.9. The fraction of sp³-hybridized carbons (Fsp3) is 0.364. The van der Waals surface area contributed by atoms with Crippen molar-refractivity contribution in [2.75, 3.05) is 0 Å². The topological polar surface area (TPSA) is 33.1 Å². The van der Waals surface area contributed by atoms with Gasteiger partial charge in [0.05, 0.1) is 14.9 Å². The molecule has 0 saturated heterocycles. The predicted octanol–water partition coefficient (Wildman–Crippen LogP) is 3.42. The van der Waals surface area contributed by atoms with E-state index in [0.717, 1.165) is 14.5 Å². The number of thiazole rings is 1. The molecule has 0 aliphatic carbocycles. The molecule has 0 aliphatic heterocycles. The van der Waals surface area contributed by atoms with Gasteiger partial charge >= 0.3 is 0 Å². The first-order valence-electron chi connectivity index (χ1n) is 4.97. The molecule has 0 aromatic carbocycles. The molecule has 0 aliphatic rings. The minimum absolute atomic E-state index is 0.337. The standard InChI is InChI=1S/C11H12BrNOS2/c1-7-6-15-11(13-7)5-8(14)4-9-2-3-10(12)16-9/h2-3,6,8,14H,4-5H2,1H3. The van der Waals surface area contributed by atoms with E-state index >= 15 is 0 Å². The molecule has 0 radical (unpaired) electrons. The van der Waals surface area contributed by atoms with E-state index < -0.39 is 0 Å². The average Bonchev–Trinajstić information content (AvgIpc) is 2.76. The molecular formula is C11H12BrNOS2. The molecule has 2 rings (SSSR count). The second kappa shape index (κ2) is 5.40. The highest BCUT2D eigenvalue weighted by Crippen LogP contribution is 2.24. The normalized spacial score (nSPS) is 12.9. The highest BCUT2D eigenvalue weighted by molar-refractivity contribution is 9.11. The zero-order valence-electron chi connectivity index (χ0n) is 8.81. The van der Waals surface area contributed by atoms with Gasteiger partial charge in [-0.25, -0.2) is 4.98 Å². The van der Waals surface area contributed by atoms with E-state index in [0.29, 0.717) is 12.8 Å². The zero-order chi connectivity index (χ0) is 11.5. The van der Waals surface area contributed by atoms with E-state index in [-0.39, 0.29) is 6.10 Å². The van der Waals surface area contributed by atoms with Crippen LogP contribution in [0, 0.1) is 6.92 Å². The number of nitrogens with zero attached hydrogens (tertiary/aromatic N) is 1. The number of aliphatic hydroxyl groups is 1. The van der Waals surface area contributed by atoms with Crippen molar-refractivity contribution in [2.45, 2.75) is 25.9 Å². The van der Waals surface area contributed by atoms with Crippen LogP contribution in [0.2, 0.25) is 0 Å². The lowest BCUT2D eigenvalue weighted by atomic mass is 10.2. The SMILES string of the molecule is Cc1csc(CC(O)Cc2ccc(Br)s2)n1. The predicted molar refractivity (Wildman–Crippen MR) is 72.3 cm³/mol. The number of aliphatic hydroxyl groups excluding tert-OH is 1. The molecule has 0 amide bonds. The van der Waals surface area contributed by atoms with Gasteiger partial charge in [-0.15, -0.1) is 22.7 Å². The van der Waals surface area contributed by atoms with Gasteiger partial charge in [0, 0.05) is 28.8 Å². The van der Waals surface area contributed by atoms with Gasteiger partial charge in [0.15, 0.2) is 0 Å². The van der Waals surface area contributed by atoms with Crippen LogP contribution in [0.15, 0.2) is 21.3 Å².